The summed E-state index contributed by atoms with van der Waals surface area (Å²) in [5, 5.41) is 4.06. The Balaban J connectivity index is 2.22. The molecule has 0 aliphatic rings. The second kappa shape index (κ2) is 13.5. The summed E-state index contributed by atoms with van der Waals surface area (Å²) in [6, 6.07) is 8.24. The minimum absolute atomic E-state index is 0.00423. The van der Waals surface area contributed by atoms with Crippen LogP contribution in [0.2, 0.25) is 0 Å². The number of nitrogens with zero attached hydrogens (tertiary/aromatic N) is 2. The van der Waals surface area contributed by atoms with Crippen molar-refractivity contribution in [3.8, 4) is 0 Å². The van der Waals surface area contributed by atoms with E-state index in [9.17, 15) is 4.79 Å². The Morgan fingerprint density at radius 1 is 0.960 bits per heavy atom. The summed E-state index contributed by atoms with van der Waals surface area (Å²) in [6.07, 6.45) is 10.8. The molecule has 0 bridgehead atoms. The van der Waals surface area contributed by atoms with Crippen LogP contribution in [0.5, 0.6) is 0 Å². The van der Waals surface area contributed by atoms with Crippen LogP contribution in [-0.2, 0) is 4.79 Å². The van der Waals surface area contributed by atoms with E-state index in [-0.39, 0.29) is 5.91 Å². The summed E-state index contributed by atoms with van der Waals surface area (Å²) >= 11 is 0. The molecule has 1 rings (SSSR count). The molecule has 0 spiro atoms. The Bertz CT molecular complexity index is 492. The van der Waals surface area contributed by atoms with Crippen LogP contribution in [0.15, 0.2) is 29.4 Å². The Morgan fingerprint density at radius 2 is 1.56 bits per heavy atom. The fourth-order valence-electron chi connectivity index (χ4n) is 2.84. The lowest BCUT2D eigenvalue weighted by Crippen LogP contribution is -2.21. The summed E-state index contributed by atoms with van der Waals surface area (Å²) < 4.78 is 0. The van der Waals surface area contributed by atoms with Gasteiger partial charge in [0.1, 0.15) is 0 Å². The summed E-state index contributed by atoms with van der Waals surface area (Å²) in [4.78, 5) is 14.1. The van der Waals surface area contributed by atoms with Crippen molar-refractivity contribution >= 4 is 17.8 Å². The highest BCUT2D eigenvalue weighted by Crippen LogP contribution is 2.14. The highest BCUT2D eigenvalue weighted by Gasteiger charge is 2.01. The molecule has 0 atom stereocenters. The van der Waals surface area contributed by atoms with Gasteiger partial charge < -0.3 is 4.90 Å². The van der Waals surface area contributed by atoms with Crippen LogP contribution in [-0.4, -0.2) is 25.2 Å². The van der Waals surface area contributed by atoms with Gasteiger partial charge in [0.2, 0.25) is 5.91 Å². The van der Waals surface area contributed by atoms with Gasteiger partial charge in [-0.25, -0.2) is 5.43 Å². The van der Waals surface area contributed by atoms with Crippen LogP contribution >= 0.6 is 0 Å². The lowest BCUT2D eigenvalue weighted by atomic mass is 10.1. The van der Waals surface area contributed by atoms with Crippen molar-refractivity contribution in [3.05, 3.63) is 29.8 Å². The average molecular weight is 346 g/mol. The molecule has 1 aromatic rings. The van der Waals surface area contributed by atoms with E-state index in [0.717, 1.165) is 31.5 Å². The van der Waals surface area contributed by atoms with E-state index in [4.69, 9.17) is 0 Å². The van der Waals surface area contributed by atoms with Gasteiger partial charge in [0.05, 0.1) is 6.21 Å². The molecule has 4 nitrogen and oxygen atoms in total. The number of carbonyl (C=O) groups excluding carboxylic acids is 1. The maximum Gasteiger partial charge on any atom is 0.240 e. The molecule has 0 aromatic heterocycles. The molecule has 0 fully saturated rings. The van der Waals surface area contributed by atoms with Crippen molar-refractivity contribution in [1.29, 1.82) is 0 Å². The second-order valence-electron chi connectivity index (χ2n) is 6.43. The Kier molecular flexibility index (Phi) is 11.4. The van der Waals surface area contributed by atoms with Gasteiger partial charge in [0, 0.05) is 25.2 Å². The molecule has 140 valence electrons. The molecule has 0 heterocycles. The largest absolute Gasteiger partial charge is 0.372 e. The third-order valence-electron chi connectivity index (χ3n) is 4.43. The highest BCUT2D eigenvalue weighted by molar-refractivity contribution is 5.82. The predicted octanol–water partition coefficient (Wildman–Crippen LogP) is 5.12. The summed E-state index contributed by atoms with van der Waals surface area (Å²) in [7, 11) is 0. The van der Waals surface area contributed by atoms with Crippen LogP contribution in [0.25, 0.3) is 0 Å². The normalized spacial score (nSPS) is 11.0. The number of hydrogen-bond donors (Lipinski definition) is 1. The number of carbonyl (C=O) groups is 1. The lowest BCUT2D eigenvalue weighted by molar-refractivity contribution is -0.121. The van der Waals surface area contributed by atoms with E-state index in [1.165, 1.54) is 37.8 Å². The van der Waals surface area contributed by atoms with Crippen molar-refractivity contribution in [2.24, 2.45) is 5.10 Å². The molecule has 0 radical (unpaired) electrons. The molecule has 0 saturated carbocycles. The predicted molar refractivity (Wildman–Crippen MR) is 108 cm³/mol. The molecule has 0 saturated heterocycles. The van der Waals surface area contributed by atoms with Gasteiger partial charge in [-0.15, -0.1) is 0 Å². The maximum atomic E-state index is 11.8. The summed E-state index contributed by atoms with van der Waals surface area (Å²) in [5.74, 6) is 0.00423. The molecule has 0 unspecified atom stereocenters. The van der Waals surface area contributed by atoms with Crippen molar-refractivity contribution in [1.82, 2.24) is 5.43 Å². The van der Waals surface area contributed by atoms with Crippen LogP contribution in [0.3, 0.4) is 0 Å². The number of rotatable bonds is 13. The number of amides is 1. The van der Waals surface area contributed by atoms with Crippen molar-refractivity contribution < 1.29 is 4.79 Å². The third-order valence-corrected chi connectivity index (χ3v) is 4.43. The van der Waals surface area contributed by atoms with Crippen molar-refractivity contribution in [2.45, 2.75) is 72.1 Å². The van der Waals surface area contributed by atoms with E-state index in [1.54, 1.807) is 6.21 Å². The number of anilines is 1. The van der Waals surface area contributed by atoms with Crippen molar-refractivity contribution in [3.63, 3.8) is 0 Å². The molecule has 1 N–H and O–H groups in total. The highest BCUT2D eigenvalue weighted by atomic mass is 16.2. The van der Waals surface area contributed by atoms with Crippen LogP contribution in [0, 0.1) is 0 Å². The molecule has 0 aliphatic heterocycles. The zero-order valence-electron chi connectivity index (χ0n) is 16.3. The quantitative estimate of drug-likeness (QED) is 0.306. The lowest BCUT2D eigenvalue weighted by Gasteiger charge is -2.20. The molecule has 4 heteroatoms. The Morgan fingerprint density at radius 3 is 2.16 bits per heavy atom. The third kappa shape index (κ3) is 9.28. The number of hydrogen-bond acceptors (Lipinski definition) is 3. The monoisotopic (exact) mass is 345 g/mol. The SMILES string of the molecule is CCCCCCCCCC(=O)N/N=C/c1ccc(N(CC)CC)cc1. The number of hydrazone groups is 1. The van der Waals surface area contributed by atoms with Gasteiger partial charge in [-0.1, -0.05) is 57.6 Å². The first-order valence-corrected chi connectivity index (χ1v) is 9.88. The zero-order chi connectivity index (χ0) is 18.3. The number of benzene rings is 1. The van der Waals surface area contributed by atoms with Gasteiger partial charge in [-0.05, 0) is 38.0 Å². The minimum Gasteiger partial charge on any atom is -0.372 e. The topological polar surface area (TPSA) is 44.7 Å². The number of nitrogens with one attached hydrogen (secondary N) is 1. The van der Waals surface area contributed by atoms with Gasteiger partial charge in [-0.2, -0.15) is 5.10 Å². The van der Waals surface area contributed by atoms with E-state index in [2.05, 4.69) is 48.3 Å². The zero-order valence-corrected chi connectivity index (χ0v) is 16.3. The smallest absolute Gasteiger partial charge is 0.240 e. The van der Waals surface area contributed by atoms with E-state index < -0.39 is 0 Å². The summed E-state index contributed by atoms with van der Waals surface area (Å²) in [5.41, 5.74) is 4.83. The second-order valence-corrected chi connectivity index (χ2v) is 6.43. The Hall–Kier alpha value is -1.84. The van der Waals surface area contributed by atoms with E-state index >= 15 is 0 Å². The van der Waals surface area contributed by atoms with Gasteiger partial charge >= 0.3 is 0 Å². The molecule has 0 aliphatic carbocycles. The van der Waals surface area contributed by atoms with Crippen LogP contribution in [0.1, 0.15) is 77.7 Å². The fraction of sp³-hybridized carbons (Fsp3) is 0.619. The summed E-state index contributed by atoms with van der Waals surface area (Å²) in [6.45, 7) is 8.53. The number of unbranched alkanes of at least 4 members (excludes halogenated alkanes) is 6. The fourth-order valence-corrected chi connectivity index (χ4v) is 2.84. The first-order valence-electron chi connectivity index (χ1n) is 9.88. The Labute approximate surface area is 153 Å². The van der Waals surface area contributed by atoms with Gasteiger partial charge in [0.15, 0.2) is 0 Å². The van der Waals surface area contributed by atoms with Gasteiger partial charge in [0.25, 0.3) is 0 Å². The average Bonchev–Trinajstić information content (AvgIpc) is 2.63. The molecular weight excluding hydrogens is 310 g/mol. The molecule has 1 aromatic carbocycles. The molecule has 1 amide bonds. The van der Waals surface area contributed by atoms with Crippen molar-refractivity contribution in [2.75, 3.05) is 18.0 Å². The minimum atomic E-state index is 0.00423. The first-order chi connectivity index (χ1) is 12.2. The molecule has 25 heavy (non-hydrogen) atoms. The molecular formula is C21H35N3O. The maximum absolute atomic E-state index is 11.8. The van der Waals surface area contributed by atoms with Crippen LogP contribution < -0.4 is 10.3 Å². The first kappa shape index (κ1) is 21.2. The van der Waals surface area contributed by atoms with E-state index in [1.807, 2.05) is 12.1 Å². The standard InChI is InChI=1S/C21H35N3O/c1-4-7-8-9-10-11-12-13-21(25)23-22-18-19-14-16-20(17-15-19)24(5-2)6-3/h14-18H,4-13H2,1-3H3,(H,23,25)/b22-18+. The van der Waals surface area contributed by atoms with Crippen LogP contribution in [0.4, 0.5) is 5.69 Å². The van der Waals surface area contributed by atoms with E-state index in [0.29, 0.717) is 6.42 Å². The van der Waals surface area contributed by atoms with Gasteiger partial charge in [-0.3, -0.25) is 4.79 Å².